The first-order chi connectivity index (χ1) is 11.5. The summed E-state index contributed by atoms with van der Waals surface area (Å²) in [6.45, 7) is 3.32. The van der Waals surface area contributed by atoms with Crippen molar-refractivity contribution in [2.75, 3.05) is 0 Å². The lowest BCUT2D eigenvalue weighted by Gasteiger charge is -2.13. The highest BCUT2D eigenvalue weighted by Crippen LogP contribution is 2.32. The first-order valence-corrected chi connectivity index (χ1v) is 7.54. The molecule has 0 radical (unpaired) electrons. The van der Waals surface area contributed by atoms with E-state index in [1.54, 1.807) is 24.3 Å². The predicted molar refractivity (Wildman–Crippen MR) is 87.3 cm³/mol. The molecule has 2 heterocycles. The van der Waals surface area contributed by atoms with Gasteiger partial charge in [-0.2, -0.15) is 0 Å². The molecule has 6 nitrogen and oxygen atoms in total. The Hall–Kier alpha value is -3.02. The molecule has 24 heavy (non-hydrogen) atoms. The third-order valence-electron chi connectivity index (χ3n) is 3.71. The fourth-order valence-corrected chi connectivity index (χ4v) is 2.35. The van der Waals surface area contributed by atoms with E-state index in [4.69, 9.17) is 18.7 Å². The lowest BCUT2D eigenvalue weighted by molar-refractivity contribution is -0.144. The fraction of sp³-hybridized carbons (Fsp3) is 0.222. The monoisotopic (exact) mass is 328 g/mol. The van der Waals surface area contributed by atoms with E-state index in [1.807, 2.05) is 13.0 Å². The number of carboxylic acids is 1. The molecule has 0 fully saturated rings. The van der Waals surface area contributed by atoms with Gasteiger partial charge in [0.05, 0.1) is 11.6 Å². The number of benzene rings is 1. The largest absolute Gasteiger partial charge is 0.479 e. The maximum absolute atomic E-state index is 12.9. The Labute approximate surface area is 137 Å². The van der Waals surface area contributed by atoms with E-state index in [2.05, 4.69) is 0 Å². The van der Waals surface area contributed by atoms with Crippen LogP contribution in [0.25, 0.3) is 22.5 Å². The molecule has 0 bridgehead atoms. The zero-order valence-corrected chi connectivity index (χ0v) is 13.2. The van der Waals surface area contributed by atoms with E-state index in [9.17, 15) is 9.59 Å². The lowest BCUT2D eigenvalue weighted by Crippen LogP contribution is -2.26. The maximum Gasteiger partial charge on any atom is 0.344 e. The molecule has 1 aromatic carbocycles. The molecular weight excluding hydrogens is 312 g/mol. The fourth-order valence-electron chi connectivity index (χ4n) is 2.35. The van der Waals surface area contributed by atoms with Crippen molar-refractivity contribution in [3.05, 3.63) is 52.4 Å². The summed E-state index contributed by atoms with van der Waals surface area (Å²) in [5.74, 6) is -0.973. The summed E-state index contributed by atoms with van der Waals surface area (Å²) in [5, 5.41) is 9.41. The molecule has 0 spiro atoms. The van der Waals surface area contributed by atoms with Crippen LogP contribution in [0.2, 0.25) is 0 Å². The number of carbonyl (C=O) groups is 1. The van der Waals surface area contributed by atoms with Crippen molar-refractivity contribution in [1.82, 2.24) is 0 Å². The molecule has 6 heteroatoms. The Morgan fingerprint density at radius 2 is 2.12 bits per heavy atom. The highest BCUT2D eigenvalue weighted by molar-refractivity contribution is 5.82. The number of furan rings is 1. The van der Waals surface area contributed by atoms with Crippen LogP contribution in [0.3, 0.4) is 0 Å². The van der Waals surface area contributed by atoms with E-state index < -0.39 is 17.5 Å². The zero-order valence-electron chi connectivity index (χ0n) is 13.2. The minimum Gasteiger partial charge on any atom is -0.479 e. The van der Waals surface area contributed by atoms with Crippen molar-refractivity contribution in [1.29, 1.82) is 0 Å². The Balaban J connectivity index is 2.27. The second-order valence-corrected chi connectivity index (χ2v) is 5.35. The summed E-state index contributed by atoms with van der Waals surface area (Å²) >= 11 is 0. The first-order valence-electron chi connectivity index (χ1n) is 7.54. The molecule has 0 aliphatic rings. The number of carboxylic acid groups (broad SMARTS) is 1. The minimum absolute atomic E-state index is 0.0786. The number of hydrogen-bond acceptors (Lipinski definition) is 5. The topological polar surface area (TPSA) is 89.9 Å². The summed E-state index contributed by atoms with van der Waals surface area (Å²) in [7, 11) is 0. The number of fused-ring (bicyclic) bond motifs is 1. The SMILES string of the molecule is CCc1ccc2oc(-c3ccco3)c(O[C@@H](C)C(=O)O)c(=O)c2c1. The normalized spacial score (nSPS) is 12.2. The van der Waals surface area contributed by atoms with Gasteiger partial charge in [0, 0.05) is 0 Å². The summed E-state index contributed by atoms with van der Waals surface area (Å²) < 4.78 is 16.5. The molecule has 1 atom stereocenters. The Morgan fingerprint density at radius 3 is 2.75 bits per heavy atom. The molecule has 2 aromatic heterocycles. The second kappa shape index (κ2) is 6.23. The van der Waals surface area contributed by atoms with E-state index in [0.29, 0.717) is 16.7 Å². The van der Waals surface area contributed by atoms with Gasteiger partial charge in [0.1, 0.15) is 5.58 Å². The standard InChI is InChI=1S/C18H16O6/c1-3-11-6-7-13-12(9-11)15(19)17(23-10(2)18(20)21)16(24-13)14-5-4-8-22-14/h4-10H,3H2,1-2H3,(H,20,21)/t10-/m0/s1. The van der Waals surface area contributed by atoms with Crippen LogP contribution in [-0.2, 0) is 11.2 Å². The van der Waals surface area contributed by atoms with E-state index in [0.717, 1.165) is 12.0 Å². The smallest absolute Gasteiger partial charge is 0.344 e. The molecule has 3 aromatic rings. The number of aliphatic carboxylic acids is 1. The van der Waals surface area contributed by atoms with Crippen LogP contribution in [0.4, 0.5) is 0 Å². The molecule has 124 valence electrons. The Morgan fingerprint density at radius 1 is 1.33 bits per heavy atom. The van der Waals surface area contributed by atoms with Gasteiger partial charge in [-0.05, 0) is 43.2 Å². The molecule has 0 amide bonds. The Bertz CT molecular complexity index is 936. The summed E-state index contributed by atoms with van der Waals surface area (Å²) in [6, 6.07) is 8.57. The van der Waals surface area contributed by atoms with Gasteiger partial charge in [-0.1, -0.05) is 13.0 Å². The molecule has 0 unspecified atom stereocenters. The van der Waals surface area contributed by atoms with Gasteiger partial charge in [-0.15, -0.1) is 0 Å². The van der Waals surface area contributed by atoms with Crippen LogP contribution < -0.4 is 10.2 Å². The van der Waals surface area contributed by atoms with Crippen LogP contribution in [-0.4, -0.2) is 17.2 Å². The van der Waals surface area contributed by atoms with Gasteiger partial charge in [-0.3, -0.25) is 4.79 Å². The average molecular weight is 328 g/mol. The van der Waals surface area contributed by atoms with Crippen LogP contribution >= 0.6 is 0 Å². The van der Waals surface area contributed by atoms with Gasteiger partial charge in [-0.25, -0.2) is 4.79 Å². The molecule has 0 saturated heterocycles. The van der Waals surface area contributed by atoms with Crippen LogP contribution in [0, 0.1) is 0 Å². The van der Waals surface area contributed by atoms with Crippen molar-refractivity contribution in [2.24, 2.45) is 0 Å². The summed E-state index contributed by atoms with van der Waals surface area (Å²) in [5.41, 5.74) is 0.933. The average Bonchev–Trinajstić information content (AvgIpc) is 3.11. The third-order valence-corrected chi connectivity index (χ3v) is 3.71. The maximum atomic E-state index is 12.9. The third kappa shape index (κ3) is 2.78. The quantitative estimate of drug-likeness (QED) is 0.771. The van der Waals surface area contributed by atoms with Crippen molar-refractivity contribution < 1.29 is 23.5 Å². The van der Waals surface area contributed by atoms with Crippen molar-refractivity contribution in [2.45, 2.75) is 26.4 Å². The highest BCUT2D eigenvalue weighted by Gasteiger charge is 2.23. The molecule has 3 rings (SSSR count). The minimum atomic E-state index is -1.20. The molecule has 0 saturated carbocycles. The van der Waals surface area contributed by atoms with E-state index in [1.165, 1.54) is 13.2 Å². The molecule has 1 N–H and O–H groups in total. The lowest BCUT2D eigenvalue weighted by atomic mass is 10.1. The molecule has 0 aliphatic carbocycles. The summed E-state index contributed by atoms with van der Waals surface area (Å²) in [6.07, 6.45) is 0.995. The number of ether oxygens (including phenoxy) is 1. The predicted octanol–water partition coefficient (Wildman–Crippen LogP) is 3.47. The molecular formula is C18H16O6. The van der Waals surface area contributed by atoms with Gasteiger partial charge >= 0.3 is 5.97 Å². The van der Waals surface area contributed by atoms with Gasteiger partial charge in [0.25, 0.3) is 0 Å². The van der Waals surface area contributed by atoms with Gasteiger partial charge < -0.3 is 18.7 Å². The van der Waals surface area contributed by atoms with Gasteiger partial charge in [0.15, 0.2) is 11.9 Å². The van der Waals surface area contributed by atoms with Crippen molar-refractivity contribution in [3.63, 3.8) is 0 Å². The van der Waals surface area contributed by atoms with Crippen LogP contribution in [0.1, 0.15) is 19.4 Å². The highest BCUT2D eigenvalue weighted by atomic mass is 16.5. The Kier molecular flexibility index (Phi) is 4.12. The number of hydrogen-bond donors (Lipinski definition) is 1. The number of rotatable bonds is 5. The van der Waals surface area contributed by atoms with Crippen LogP contribution in [0.5, 0.6) is 5.75 Å². The number of aryl methyl sites for hydroxylation is 1. The second-order valence-electron chi connectivity index (χ2n) is 5.35. The zero-order chi connectivity index (χ0) is 17.3. The summed E-state index contributed by atoms with van der Waals surface area (Å²) in [4.78, 5) is 23.9. The van der Waals surface area contributed by atoms with Crippen LogP contribution in [0.15, 0.2) is 50.2 Å². The molecule has 0 aliphatic heterocycles. The first kappa shape index (κ1) is 15.9. The van der Waals surface area contributed by atoms with Gasteiger partial charge in [0.2, 0.25) is 16.9 Å². The van der Waals surface area contributed by atoms with E-state index >= 15 is 0 Å². The van der Waals surface area contributed by atoms with E-state index in [-0.39, 0.29) is 11.5 Å². The van der Waals surface area contributed by atoms with Crippen molar-refractivity contribution in [3.8, 4) is 17.3 Å². The van der Waals surface area contributed by atoms with Crippen molar-refractivity contribution >= 4 is 16.9 Å².